The predicted octanol–water partition coefficient (Wildman–Crippen LogP) is 1.49. The molecule has 6 heteroatoms. The number of hydrogen-bond donors (Lipinski definition) is 1. The maximum absolute atomic E-state index is 12.2. The quantitative estimate of drug-likeness (QED) is 0.868. The van der Waals surface area contributed by atoms with Crippen molar-refractivity contribution in [1.82, 2.24) is 9.78 Å². The molecule has 1 aliphatic heterocycles. The summed E-state index contributed by atoms with van der Waals surface area (Å²) in [6.45, 7) is 2.57. The van der Waals surface area contributed by atoms with Crippen LogP contribution in [0.1, 0.15) is 18.3 Å². The van der Waals surface area contributed by atoms with Crippen molar-refractivity contribution in [2.45, 2.75) is 19.9 Å². The molecule has 0 spiro atoms. The minimum atomic E-state index is -0.0634. The van der Waals surface area contributed by atoms with Crippen LogP contribution < -0.4 is 15.4 Å². The first-order chi connectivity index (χ1) is 10.1. The number of benzene rings is 1. The summed E-state index contributed by atoms with van der Waals surface area (Å²) in [5, 5.41) is 4.42. The molecule has 6 nitrogen and oxygen atoms in total. The van der Waals surface area contributed by atoms with Crippen LogP contribution in [0, 0.1) is 0 Å². The Hall–Kier alpha value is -2.50. The molecule has 110 valence electrons. The number of anilines is 2. The van der Waals surface area contributed by atoms with Gasteiger partial charge in [0.1, 0.15) is 5.75 Å². The van der Waals surface area contributed by atoms with Gasteiger partial charge in [0.25, 0.3) is 5.91 Å². The van der Waals surface area contributed by atoms with Crippen molar-refractivity contribution >= 4 is 17.3 Å². The van der Waals surface area contributed by atoms with Gasteiger partial charge in [0, 0.05) is 18.8 Å². The van der Waals surface area contributed by atoms with Gasteiger partial charge in [-0.3, -0.25) is 14.4 Å². The van der Waals surface area contributed by atoms with Gasteiger partial charge in [-0.05, 0) is 24.6 Å². The van der Waals surface area contributed by atoms with E-state index in [-0.39, 0.29) is 12.5 Å². The second-order valence-electron chi connectivity index (χ2n) is 5.10. The van der Waals surface area contributed by atoms with E-state index in [1.807, 2.05) is 23.9 Å². The molecule has 0 bridgehead atoms. The van der Waals surface area contributed by atoms with E-state index in [1.54, 1.807) is 17.0 Å². The summed E-state index contributed by atoms with van der Waals surface area (Å²) >= 11 is 0. The van der Waals surface area contributed by atoms with Gasteiger partial charge in [-0.25, -0.2) is 0 Å². The molecule has 0 atom stereocenters. The zero-order valence-electron chi connectivity index (χ0n) is 12.2. The topological polar surface area (TPSA) is 73.4 Å². The third-order valence-electron chi connectivity index (χ3n) is 3.64. The van der Waals surface area contributed by atoms with Crippen LogP contribution in [0.4, 0.5) is 11.4 Å². The van der Waals surface area contributed by atoms with Gasteiger partial charge in [0.05, 0.1) is 23.6 Å². The first kappa shape index (κ1) is 13.5. The summed E-state index contributed by atoms with van der Waals surface area (Å²) in [5.41, 5.74) is 9.14. The summed E-state index contributed by atoms with van der Waals surface area (Å²) in [4.78, 5) is 13.9. The standard InChI is InChI=1S/C15H18N4O2/c1-3-11-7-12(18(2)17-11)8-19-13-5-4-10(16)6-14(13)21-9-15(19)20/h4-7H,3,8-9,16H2,1-2H3. The smallest absolute Gasteiger partial charge is 0.265 e. The lowest BCUT2D eigenvalue weighted by Crippen LogP contribution is -2.38. The summed E-state index contributed by atoms with van der Waals surface area (Å²) in [5.74, 6) is 0.582. The molecule has 0 saturated carbocycles. The normalized spacial score (nSPS) is 14.0. The molecular weight excluding hydrogens is 268 g/mol. The molecule has 2 aromatic rings. The Morgan fingerprint density at radius 2 is 2.19 bits per heavy atom. The van der Waals surface area contributed by atoms with Gasteiger partial charge in [-0.1, -0.05) is 6.92 Å². The first-order valence-corrected chi connectivity index (χ1v) is 6.93. The van der Waals surface area contributed by atoms with Gasteiger partial charge < -0.3 is 10.5 Å². The van der Waals surface area contributed by atoms with Crippen LogP contribution in [-0.2, 0) is 24.8 Å². The van der Waals surface area contributed by atoms with E-state index in [2.05, 4.69) is 12.0 Å². The molecule has 21 heavy (non-hydrogen) atoms. The summed E-state index contributed by atoms with van der Waals surface area (Å²) in [6.07, 6.45) is 0.873. The molecule has 3 rings (SSSR count). The lowest BCUT2D eigenvalue weighted by atomic mass is 10.2. The number of fused-ring (bicyclic) bond motifs is 1. The van der Waals surface area contributed by atoms with Gasteiger partial charge in [0.2, 0.25) is 0 Å². The van der Waals surface area contributed by atoms with Crippen molar-refractivity contribution in [3.05, 3.63) is 35.7 Å². The molecule has 1 aliphatic rings. The molecule has 0 saturated heterocycles. The fourth-order valence-electron chi connectivity index (χ4n) is 2.45. The molecule has 0 unspecified atom stereocenters. The fraction of sp³-hybridized carbons (Fsp3) is 0.333. The highest BCUT2D eigenvalue weighted by molar-refractivity contribution is 5.98. The van der Waals surface area contributed by atoms with Gasteiger partial charge in [-0.2, -0.15) is 5.10 Å². The number of rotatable bonds is 3. The molecule has 1 aromatic carbocycles. The third kappa shape index (κ3) is 2.44. The summed E-state index contributed by atoms with van der Waals surface area (Å²) in [7, 11) is 1.89. The van der Waals surface area contributed by atoms with Crippen molar-refractivity contribution in [1.29, 1.82) is 0 Å². The SMILES string of the molecule is CCc1cc(CN2C(=O)COc3cc(N)ccc32)n(C)n1. The maximum Gasteiger partial charge on any atom is 0.265 e. The van der Waals surface area contributed by atoms with Gasteiger partial charge >= 0.3 is 0 Å². The second kappa shape index (κ2) is 5.12. The third-order valence-corrected chi connectivity index (χ3v) is 3.64. The van der Waals surface area contributed by atoms with Crippen LogP contribution in [0.15, 0.2) is 24.3 Å². The maximum atomic E-state index is 12.2. The molecule has 0 radical (unpaired) electrons. The zero-order chi connectivity index (χ0) is 15.0. The Kier molecular flexibility index (Phi) is 3.29. The Morgan fingerprint density at radius 1 is 1.38 bits per heavy atom. The number of aryl methyl sites for hydroxylation is 2. The van der Waals surface area contributed by atoms with E-state index in [0.29, 0.717) is 18.0 Å². The van der Waals surface area contributed by atoms with Crippen molar-refractivity contribution in [2.75, 3.05) is 17.2 Å². The van der Waals surface area contributed by atoms with Crippen LogP contribution in [0.2, 0.25) is 0 Å². The largest absolute Gasteiger partial charge is 0.481 e. The lowest BCUT2D eigenvalue weighted by molar-refractivity contribution is -0.121. The molecule has 2 heterocycles. The molecule has 0 aliphatic carbocycles. The van der Waals surface area contributed by atoms with Crippen LogP contribution in [-0.4, -0.2) is 22.3 Å². The van der Waals surface area contributed by atoms with Gasteiger partial charge in [-0.15, -0.1) is 0 Å². The van der Waals surface area contributed by atoms with E-state index in [1.165, 1.54) is 0 Å². The molecule has 1 aromatic heterocycles. The first-order valence-electron chi connectivity index (χ1n) is 6.93. The highest BCUT2D eigenvalue weighted by Crippen LogP contribution is 2.34. The number of nitrogens with zero attached hydrogens (tertiary/aromatic N) is 3. The molecule has 0 fully saturated rings. The number of carbonyl (C=O) groups is 1. The van der Waals surface area contributed by atoms with Crippen LogP contribution in [0.3, 0.4) is 0 Å². The van der Waals surface area contributed by atoms with E-state index >= 15 is 0 Å². The average Bonchev–Trinajstić information content (AvgIpc) is 2.82. The molecular formula is C15H18N4O2. The lowest BCUT2D eigenvalue weighted by Gasteiger charge is -2.29. The zero-order valence-corrected chi connectivity index (χ0v) is 12.2. The van der Waals surface area contributed by atoms with Crippen molar-refractivity contribution in [3.63, 3.8) is 0 Å². The Bertz CT molecular complexity index is 693. The van der Waals surface area contributed by atoms with Crippen molar-refractivity contribution < 1.29 is 9.53 Å². The number of carbonyl (C=O) groups excluding carboxylic acids is 1. The number of amides is 1. The summed E-state index contributed by atoms with van der Waals surface area (Å²) < 4.78 is 7.27. The van der Waals surface area contributed by atoms with Crippen molar-refractivity contribution in [3.8, 4) is 5.75 Å². The number of nitrogens with two attached hydrogens (primary N) is 1. The molecule has 1 amide bonds. The van der Waals surface area contributed by atoms with E-state index in [9.17, 15) is 4.79 Å². The number of ether oxygens (including phenoxy) is 1. The fourth-order valence-corrected chi connectivity index (χ4v) is 2.45. The molecule has 2 N–H and O–H groups in total. The Morgan fingerprint density at radius 3 is 2.90 bits per heavy atom. The average molecular weight is 286 g/mol. The van der Waals surface area contributed by atoms with Crippen molar-refractivity contribution in [2.24, 2.45) is 7.05 Å². The highest BCUT2D eigenvalue weighted by Gasteiger charge is 2.26. The van der Waals surface area contributed by atoms with Gasteiger partial charge in [0.15, 0.2) is 6.61 Å². The number of hydrogen-bond acceptors (Lipinski definition) is 4. The predicted molar refractivity (Wildman–Crippen MR) is 80.1 cm³/mol. The van der Waals surface area contributed by atoms with Crippen LogP contribution in [0.25, 0.3) is 0 Å². The number of nitrogen functional groups attached to an aromatic ring is 1. The van der Waals surface area contributed by atoms with E-state index in [0.717, 1.165) is 23.5 Å². The minimum Gasteiger partial charge on any atom is -0.481 e. The monoisotopic (exact) mass is 286 g/mol. The highest BCUT2D eigenvalue weighted by atomic mass is 16.5. The Labute approximate surface area is 123 Å². The Balaban J connectivity index is 1.94. The number of aromatic nitrogens is 2. The second-order valence-corrected chi connectivity index (χ2v) is 5.10. The van der Waals surface area contributed by atoms with Crippen LogP contribution >= 0.6 is 0 Å². The van der Waals surface area contributed by atoms with E-state index in [4.69, 9.17) is 10.5 Å². The van der Waals surface area contributed by atoms with E-state index < -0.39 is 0 Å². The summed E-state index contributed by atoms with van der Waals surface area (Å²) in [6, 6.07) is 7.36. The van der Waals surface area contributed by atoms with Crippen LogP contribution in [0.5, 0.6) is 5.75 Å². The minimum absolute atomic E-state index is 0.0366.